The Labute approximate surface area is 100 Å². The standard InChI is InChI=1S/C12H14ClN3/c1-14-12(11-7-16(2)8-15-11)9-5-3-4-6-10(9)13/h3-8,12,14H,1-2H3. The zero-order valence-corrected chi connectivity index (χ0v) is 10.1. The Balaban J connectivity index is 2.40. The lowest BCUT2D eigenvalue weighted by molar-refractivity contribution is 0.674. The zero-order chi connectivity index (χ0) is 11.5. The Bertz CT molecular complexity index is 479. The number of hydrogen-bond donors (Lipinski definition) is 1. The van der Waals surface area contributed by atoms with Crippen LogP contribution in [0.3, 0.4) is 0 Å². The molecule has 16 heavy (non-hydrogen) atoms. The number of imidazole rings is 1. The first-order valence-electron chi connectivity index (χ1n) is 5.12. The second-order valence-corrected chi connectivity index (χ2v) is 4.11. The molecule has 0 fully saturated rings. The van der Waals surface area contributed by atoms with Gasteiger partial charge in [0.15, 0.2) is 0 Å². The Morgan fingerprint density at radius 1 is 1.38 bits per heavy atom. The molecule has 2 aromatic rings. The van der Waals surface area contributed by atoms with Crippen LogP contribution in [0.2, 0.25) is 5.02 Å². The fourth-order valence-electron chi connectivity index (χ4n) is 1.75. The first kappa shape index (κ1) is 11.2. The van der Waals surface area contributed by atoms with E-state index in [1.165, 1.54) is 0 Å². The zero-order valence-electron chi connectivity index (χ0n) is 9.31. The summed E-state index contributed by atoms with van der Waals surface area (Å²) in [7, 11) is 3.86. The monoisotopic (exact) mass is 235 g/mol. The molecule has 1 heterocycles. The van der Waals surface area contributed by atoms with Gasteiger partial charge in [0.05, 0.1) is 18.1 Å². The van der Waals surface area contributed by atoms with Crippen molar-refractivity contribution >= 4 is 11.6 Å². The predicted octanol–water partition coefficient (Wildman–Crippen LogP) is 2.38. The third-order valence-corrected chi connectivity index (χ3v) is 2.87. The Morgan fingerprint density at radius 3 is 2.69 bits per heavy atom. The highest BCUT2D eigenvalue weighted by molar-refractivity contribution is 6.31. The smallest absolute Gasteiger partial charge is 0.0947 e. The predicted molar refractivity (Wildman–Crippen MR) is 65.6 cm³/mol. The van der Waals surface area contributed by atoms with E-state index in [4.69, 9.17) is 11.6 Å². The van der Waals surface area contributed by atoms with E-state index < -0.39 is 0 Å². The summed E-state index contributed by atoms with van der Waals surface area (Å²) in [6.07, 6.45) is 3.78. The van der Waals surface area contributed by atoms with Crippen molar-refractivity contribution in [2.24, 2.45) is 7.05 Å². The van der Waals surface area contributed by atoms with E-state index in [-0.39, 0.29) is 6.04 Å². The average molecular weight is 236 g/mol. The molecule has 0 bridgehead atoms. The molecular formula is C12H14ClN3. The Kier molecular flexibility index (Phi) is 3.27. The first-order valence-corrected chi connectivity index (χ1v) is 5.49. The van der Waals surface area contributed by atoms with E-state index in [0.29, 0.717) is 0 Å². The molecule has 0 amide bonds. The minimum absolute atomic E-state index is 0.0369. The average Bonchev–Trinajstić information content (AvgIpc) is 2.69. The van der Waals surface area contributed by atoms with Gasteiger partial charge in [-0.15, -0.1) is 0 Å². The second kappa shape index (κ2) is 4.68. The highest BCUT2D eigenvalue weighted by atomic mass is 35.5. The summed E-state index contributed by atoms with van der Waals surface area (Å²) in [6, 6.07) is 7.85. The molecule has 0 saturated carbocycles. The minimum atomic E-state index is 0.0369. The summed E-state index contributed by atoms with van der Waals surface area (Å²) < 4.78 is 1.93. The van der Waals surface area contributed by atoms with Crippen LogP contribution in [-0.2, 0) is 7.05 Å². The van der Waals surface area contributed by atoms with Gasteiger partial charge in [0.2, 0.25) is 0 Å². The molecule has 84 valence electrons. The summed E-state index contributed by atoms with van der Waals surface area (Å²) in [4.78, 5) is 4.35. The number of hydrogen-bond acceptors (Lipinski definition) is 2. The summed E-state index contributed by atoms with van der Waals surface area (Å²) in [5, 5.41) is 3.99. The molecule has 0 radical (unpaired) electrons. The third-order valence-electron chi connectivity index (χ3n) is 2.53. The molecule has 1 aromatic heterocycles. The van der Waals surface area contributed by atoms with Gasteiger partial charge in [-0.1, -0.05) is 29.8 Å². The molecular weight excluding hydrogens is 222 g/mol. The van der Waals surface area contributed by atoms with Gasteiger partial charge < -0.3 is 9.88 Å². The first-order chi connectivity index (χ1) is 7.72. The van der Waals surface area contributed by atoms with Gasteiger partial charge in [-0.05, 0) is 18.7 Å². The third kappa shape index (κ3) is 2.10. The summed E-state index contributed by atoms with van der Waals surface area (Å²) >= 11 is 6.18. The molecule has 1 aromatic carbocycles. The molecule has 1 unspecified atom stereocenters. The van der Waals surface area contributed by atoms with Gasteiger partial charge in [0.1, 0.15) is 0 Å². The van der Waals surface area contributed by atoms with Crippen LogP contribution in [0.1, 0.15) is 17.3 Å². The number of rotatable bonds is 3. The normalized spacial score (nSPS) is 12.7. The molecule has 2 rings (SSSR count). The van der Waals surface area contributed by atoms with Crippen LogP contribution in [0.5, 0.6) is 0 Å². The molecule has 0 spiro atoms. The number of benzene rings is 1. The van der Waals surface area contributed by atoms with Crippen LogP contribution in [0.25, 0.3) is 0 Å². The fourth-order valence-corrected chi connectivity index (χ4v) is 2.00. The Hall–Kier alpha value is -1.32. The van der Waals surface area contributed by atoms with Crippen LogP contribution < -0.4 is 5.32 Å². The molecule has 0 aliphatic heterocycles. The molecule has 0 saturated heterocycles. The van der Waals surface area contributed by atoms with Gasteiger partial charge in [-0.25, -0.2) is 4.98 Å². The van der Waals surface area contributed by atoms with E-state index in [0.717, 1.165) is 16.3 Å². The van der Waals surface area contributed by atoms with Gasteiger partial charge in [-0.3, -0.25) is 0 Å². The lowest BCUT2D eigenvalue weighted by Gasteiger charge is -2.15. The van der Waals surface area contributed by atoms with Crippen molar-refractivity contribution in [3.05, 3.63) is 53.1 Å². The lowest BCUT2D eigenvalue weighted by atomic mass is 10.0. The topological polar surface area (TPSA) is 29.9 Å². The molecule has 1 atom stereocenters. The molecule has 0 aliphatic rings. The molecule has 1 N–H and O–H groups in total. The van der Waals surface area contributed by atoms with Gasteiger partial charge in [0.25, 0.3) is 0 Å². The number of nitrogens with one attached hydrogen (secondary N) is 1. The van der Waals surface area contributed by atoms with E-state index in [1.807, 2.05) is 49.1 Å². The minimum Gasteiger partial charge on any atom is -0.340 e. The number of aryl methyl sites for hydroxylation is 1. The maximum absolute atomic E-state index is 6.18. The van der Waals surface area contributed by atoms with Crippen molar-refractivity contribution in [3.63, 3.8) is 0 Å². The number of aromatic nitrogens is 2. The van der Waals surface area contributed by atoms with Crippen LogP contribution >= 0.6 is 11.6 Å². The second-order valence-electron chi connectivity index (χ2n) is 3.71. The molecule has 4 heteroatoms. The van der Waals surface area contributed by atoms with E-state index in [9.17, 15) is 0 Å². The maximum atomic E-state index is 6.18. The van der Waals surface area contributed by atoms with E-state index in [2.05, 4.69) is 10.3 Å². The summed E-state index contributed by atoms with van der Waals surface area (Å²) in [6.45, 7) is 0. The van der Waals surface area contributed by atoms with Crippen molar-refractivity contribution < 1.29 is 0 Å². The SMILES string of the molecule is CNC(c1cn(C)cn1)c1ccccc1Cl. The van der Waals surface area contributed by atoms with Crippen LogP contribution in [0.4, 0.5) is 0 Å². The van der Waals surface area contributed by atoms with E-state index >= 15 is 0 Å². The quantitative estimate of drug-likeness (QED) is 0.886. The fraction of sp³-hybridized carbons (Fsp3) is 0.250. The van der Waals surface area contributed by atoms with Crippen molar-refractivity contribution in [1.29, 1.82) is 0 Å². The lowest BCUT2D eigenvalue weighted by Crippen LogP contribution is -2.18. The van der Waals surface area contributed by atoms with Crippen molar-refractivity contribution in [1.82, 2.24) is 14.9 Å². The van der Waals surface area contributed by atoms with Crippen molar-refractivity contribution in [3.8, 4) is 0 Å². The van der Waals surface area contributed by atoms with Crippen LogP contribution in [-0.4, -0.2) is 16.6 Å². The highest BCUT2D eigenvalue weighted by Crippen LogP contribution is 2.26. The number of halogens is 1. The Morgan fingerprint density at radius 2 is 2.12 bits per heavy atom. The summed E-state index contributed by atoms with van der Waals surface area (Å²) in [5.74, 6) is 0. The highest BCUT2D eigenvalue weighted by Gasteiger charge is 2.16. The van der Waals surface area contributed by atoms with Gasteiger partial charge in [-0.2, -0.15) is 0 Å². The van der Waals surface area contributed by atoms with Crippen LogP contribution in [0.15, 0.2) is 36.8 Å². The maximum Gasteiger partial charge on any atom is 0.0947 e. The largest absolute Gasteiger partial charge is 0.340 e. The summed E-state index contributed by atoms with van der Waals surface area (Å²) in [5.41, 5.74) is 2.02. The van der Waals surface area contributed by atoms with E-state index in [1.54, 1.807) is 6.33 Å². The number of nitrogens with zero attached hydrogens (tertiary/aromatic N) is 2. The van der Waals surface area contributed by atoms with Gasteiger partial charge in [0, 0.05) is 18.3 Å². The molecule has 3 nitrogen and oxygen atoms in total. The van der Waals surface area contributed by atoms with Crippen LogP contribution in [0, 0.1) is 0 Å². The van der Waals surface area contributed by atoms with Gasteiger partial charge >= 0.3 is 0 Å². The van der Waals surface area contributed by atoms with Crippen molar-refractivity contribution in [2.45, 2.75) is 6.04 Å². The molecule has 0 aliphatic carbocycles. The van der Waals surface area contributed by atoms with Crippen molar-refractivity contribution in [2.75, 3.05) is 7.05 Å².